The number of ether oxygens (including phenoxy) is 2. The Kier molecular flexibility index (Phi) is 4.22. The van der Waals surface area contributed by atoms with Crippen molar-refractivity contribution in [1.82, 2.24) is 15.1 Å². The molecule has 0 N–H and O–H groups in total. The van der Waals surface area contributed by atoms with E-state index in [-0.39, 0.29) is 12.7 Å². The Balaban J connectivity index is 1.86. The molecule has 0 aromatic carbocycles. The Bertz CT molecular complexity index is 509. The highest BCUT2D eigenvalue weighted by atomic mass is 16.6. The quantitative estimate of drug-likeness (QED) is 0.852. The third kappa shape index (κ3) is 4.42. The molecule has 1 aliphatic heterocycles. The van der Waals surface area contributed by atoms with Gasteiger partial charge in [0, 0.05) is 13.5 Å². The summed E-state index contributed by atoms with van der Waals surface area (Å²) in [4.78, 5) is 13.7. The van der Waals surface area contributed by atoms with Crippen LogP contribution in [-0.4, -0.2) is 45.5 Å². The van der Waals surface area contributed by atoms with E-state index in [1.165, 1.54) is 0 Å². The number of nitrogens with zero attached hydrogens (tertiary/aromatic N) is 3. The van der Waals surface area contributed by atoms with Gasteiger partial charge in [0.25, 0.3) is 0 Å². The smallest absolute Gasteiger partial charge is 0.410 e. The summed E-state index contributed by atoms with van der Waals surface area (Å²) in [5.74, 6) is 0.963. The second-order valence-corrected chi connectivity index (χ2v) is 6.61. The average Bonchev–Trinajstić information content (AvgIpc) is 2.92. The molecule has 1 amide bonds. The second kappa shape index (κ2) is 5.63. The second-order valence-electron chi connectivity index (χ2n) is 6.61. The van der Waals surface area contributed by atoms with Crippen LogP contribution in [0.25, 0.3) is 0 Å². The van der Waals surface area contributed by atoms with Crippen LogP contribution in [0, 0.1) is 6.92 Å². The zero-order valence-electron chi connectivity index (χ0n) is 13.3. The van der Waals surface area contributed by atoms with Crippen LogP contribution in [0.1, 0.15) is 45.9 Å². The highest BCUT2D eigenvalue weighted by Gasteiger charge is 2.38. The van der Waals surface area contributed by atoms with Gasteiger partial charge in [-0.3, -0.25) is 0 Å². The van der Waals surface area contributed by atoms with Crippen LogP contribution in [0.5, 0.6) is 0 Å². The molecule has 1 unspecified atom stereocenters. The van der Waals surface area contributed by atoms with E-state index in [0.717, 1.165) is 6.42 Å². The normalized spacial score (nSPS) is 22.6. The maximum absolute atomic E-state index is 12.0. The van der Waals surface area contributed by atoms with Crippen molar-refractivity contribution in [3.63, 3.8) is 0 Å². The molecule has 1 fully saturated rings. The van der Waals surface area contributed by atoms with Gasteiger partial charge in [-0.15, -0.1) is 10.2 Å². The summed E-state index contributed by atoms with van der Waals surface area (Å²) in [5, 5.41) is 7.65. The number of likely N-dealkylation sites (tertiary alicyclic amines) is 1. The molecule has 1 aliphatic rings. The minimum absolute atomic E-state index is 0.250. The van der Waals surface area contributed by atoms with Crippen molar-refractivity contribution < 1.29 is 18.7 Å². The van der Waals surface area contributed by atoms with Crippen LogP contribution >= 0.6 is 0 Å². The molecule has 1 saturated heterocycles. The minimum Gasteiger partial charge on any atom is -0.444 e. The summed E-state index contributed by atoms with van der Waals surface area (Å²) in [6.45, 7) is 10.6. The van der Waals surface area contributed by atoms with Gasteiger partial charge in [0.05, 0.1) is 12.1 Å². The first-order valence-electron chi connectivity index (χ1n) is 7.08. The van der Waals surface area contributed by atoms with E-state index in [9.17, 15) is 4.79 Å². The average molecular weight is 297 g/mol. The number of hydrogen-bond donors (Lipinski definition) is 0. The van der Waals surface area contributed by atoms with E-state index in [1.807, 2.05) is 27.7 Å². The van der Waals surface area contributed by atoms with Crippen molar-refractivity contribution in [2.45, 2.75) is 58.8 Å². The van der Waals surface area contributed by atoms with Gasteiger partial charge >= 0.3 is 6.09 Å². The number of carbonyl (C=O) groups excluding carboxylic acids is 1. The molecule has 2 heterocycles. The van der Waals surface area contributed by atoms with Gasteiger partial charge in [-0.1, -0.05) is 0 Å². The van der Waals surface area contributed by atoms with Gasteiger partial charge in [0.15, 0.2) is 0 Å². The third-order valence-corrected chi connectivity index (χ3v) is 3.20. The molecule has 0 aliphatic carbocycles. The van der Waals surface area contributed by atoms with E-state index < -0.39 is 11.2 Å². The van der Waals surface area contributed by atoms with E-state index >= 15 is 0 Å². The molecule has 0 radical (unpaired) electrons. The summed E-state index contributed by atoms with van der Waals surface area (Å²) in [7, 11) is 0. The van der Waals surface area contributed by atoms with Crippen molar-refractivity contribution in [1.29, 1.82) is 0 Å². The third-order valence-electron chi connectivity index (χ3n) is 3.20. The highest BCUT2D eigenvalue weighted by molar-refractivity contribution is 5.68. The molecule has 7 nitrogen and oxygen atoms in total. The van der Waals surface area contributed by atoms with Crippen molar-refractivity contribution in [3.05, 3.63) is 11.8 Å². The molecular formula is C14H23N3O4. The molecule has 21 heavy (non-hydrogen) atoms. The molecule has 1 atom stereocenters. The minimum atomic E-state index is -0.488. The van der Waals surface area contributed by atoms with E-state index in [4.69, 9.17) is 13.9 Å². The summed E-state index contributed by atoms with van der Waals surface area (Å²) in [6.07, 6.45) is 0.447. The Morgan fingerprint density at radius 1 is 1.43 bits per heavy atom. The zero-order valence-corrected chi connectivity index (χ0v) is 13.3. The molecule has 7 heteroatoms. The maximum Gasteiger partial charge on any atom is 0.410 e. The van der Waals surface area contributed by atoms with Gasteiger partial charge in [-0.05, 0) is 34.1 Å². The van der Waals surface area contributed by atoms with Gasteiger partial charge in [-0.25, -0.2) is 4.79 Å². The number of carbonyl (C=O) groups is 1. The Morgan fingerprint density at radius 3 is 2.71 bits per heavy atom. The largest absolute Gasteiger partial charge is 0.444 e. The van der Waals surface area contributed by atoms with Crippen molar-refractivity contribution in [2.75, 3.05) is 13.1 Å². The van der Waals surface area contributed by atoms with Crippen LogP contribution in [0.2, 0.25) is 0 Å². The lowest BCUT2D eigenvalue weighted by atomic mass is 10.1. The first-order chi connectivity index (χ1) is 9.67. The van der Waals surface area contributed by atoms with Crippen LogP contribution < -0.4 is 0 Å². The van der Waals surface area contributed by atoms with Gasteiger partial charge in [0.2, 0.25) is 11.8 Å². The molecule has 2 rings (SSSR count). The fourth-order valence-electron chi connectivity index (χ4n) is 2.17. The fraction of sp³-hybridized carbons (Fsp3) is 0.786. The van der Waals surface area contributed by atoms with Crippen LogP contribution in [0.4, 0.5) is 4.79 Å². The van der Waals surface area contributed by atoms with Gasteiger partial charge in [-0.2, -0.15) is 0 Å². The fourth-order valence-corrected chi connectivity index (χ4v) is 2.17. The molecular weight excluding hydrogens is 274 g/mol. The number of aromatic nitrogens is 2. The first kappa shape index (κ1) is 15.8. The number of rotatable bonds is 3. The summed E-state index contributed by atoms with van der Waals surface area (Å²) in [5.41, 5.74) is -0.905. The predicted molar refractivity (Wildman–Crippen MR) is 74.7 cm³/mol. The van der Waals surface area contributed by atoms with Crippen molar-refractivity contribution in [3.8, 4) is 0 Å². The van der Waals surface area contributed by atoms with Crippen LogP contribution in [0.15, 0.2) is 4.42 Å². The molecule has 118 valence electrons. The Morgan fingerprint density at radius 2 is 2.14 bits per heavy atom. The lowest BCUT2D eigenvalue weighted by Gasteiger charge is -2.27. The molecule has 0 bridgehead atoms. The van der Waals surface area contributed by atoms with Gasteiger partial charge in [0.1, 0.15) is 12.2 Å². The van der Waals surface area contributed by atoms with E-state index in [2.05, 4.69) is 10.2 Å². The standard InChI is InChI=1S/C14H23N3O4/c1-10-15-16-11(20-10)8-19-14(5)6-7-17(9-14)12(18)21-13(2,3)4/h6-9H2,1-5H3. The van der Waals surface area contributed by atoms with Crippen LogP contribution in [0.3, 0.4) is 0 Å². The lowest BCUT2D eigenvalue weighted by Crippen LogP contribution is -2.39. The zero-order chi connectivity index (χ0) is 15.7. The van der Waals surface area contributed by atoms with Crippen molar-refractivity contribution in [2.24, 2.45) is 0 Å². The molecule has 1 aromatic rings. The number of amides is 1. The SMILES string of the molecule is Cc1nnc(COC2(C)CCN(C(=O)OC(C)(C)C)C2)o1. The summed E-state index contributed by atoms with van der Waals surface area (Å²) >= 11 is 0. The van der Waals surface area contributed by atoms with Crippen LogP contribution in [-0.2, 0) is 16.1 Å². The monoisotopic (exact) mass is 297 g/mol. The summed E-state index contributed by atoms with van der Waals surface area (Å²) < 4.78 is 16.5. The maximum atomic E-state index is 12.0. The van der Waals surface area contributed by atoms with Crippen molar-refractivity contribution >= 4 is 6.09 Å². The summed E-state index contributed by atoms with van der Waals surface area (Å²) in [6, 6.07) is 0. The Labute approximate surface area is 124 Å². The molecule has 1 aromatic heterocycles. The highest BCUT2D eigenvalue weighted by Crippen LogP contribution is 2.27. The number of hydrogen-bond acceptors (Lipinski definition) is 6. The molecule has 0 saturated carbocycles. The number of aryl methyl sites for hydroxylation is 1. The topological polar surface area (TPSA) is 77.7 Å². The van der Waals surface area contributed by atoms with E-state index in [1.54, 1.807) is 11.8 Å². The van der Waals surface area contributed by atoms with E-state index in [0.29, 0.717) is 24.9 Å². The van der Waals surface area contributed by atoms with Gasteiger partial charge < -0.3 is 18.8 Å². The molecule has 0 spiro atoms. The lowest BCUT2D eigenvalue weighted by molar-refractivity contribution is -0.0452. The first-order valence-corrected chi connectivity index (χ1v) is 7.08. The predicted octanol–water partition coefficient (Wildman–Crippen LogP) is 2.29. The Hall–Kier alpha value is -1.63.